The van der Waals surface area contributed by atoms with Gasteiger partial charge in [0.15, 0.2) is 0 Å². The number of rotatable bonds is 5. The summed E-state index contributed by atoms with van der Waals surface area (Å²) in [7, 11) is 1.70. The topological polar surface area (TPSA) is 52.6 Å². The Balaban J connectivity index is 2.05. The van der Waals surface area contributed by atoms with Gasteiger partial charge >= 0.3 is 6.03 Å². The Morgan fingerprint density at radius 1 is 1.60 bits per heavy atom. The van der Waals surface area contributed by atoms with Crippen molar-refractivity contribution in [1.29, 1.82) is 0 Å². The highest BCUT2D eigenvalue weighted by atomic mass is 16.3. The zero-order valence-electron chi connectivity index (χ0n) is 9.70. The second-order valence-electron chi connectivity index (χ2n) is 4.55. The third-order valence-corrected chi connectivity index (χ3v) is 2.94. The normalized spacial score (nSPS) is 18.1. The van der Waals surface area contributed by atoms with E-state index in [0.717, 1.165) is 18.9 Å². The van der Waals surface area contributed by atoms with Crippen molar-refractivity contribution >= 4 is 6.03 Å². The second-order valence-corrected chi connectivity index (χ2v) is 4.55. The van der Waals surface area contributed by atoms with Crippen molar-refractivity contribution in [3.8, 4) is 0 Å². The summed E-state index contributed by atoms with van der Waals surface area (Å²) < 4.78 is 0. The van der Waals surface area contributed by atoms with Crippen molar-refractivity contribution in [3.05, 3.63) is 0 Å². The van der Waals surface area contributed by atoms with Crippen LogP contribution in [0.15, 0.2) is 0 Å². The summed E-state index contributed by atoms with van der Waals surface area (Å²) in [6.45, 7) is 2.82. The lowest BCUT2D eigenvalue weighted by molar-refractivity contribution is 0.143. The molecule has 0 bridgehead atoms. The maximum Gasteiger partial charge on any atom is 0.317 e. The van der Waals surface area contributed by atoms with Gasteiger partial charge in [-0.1, -0.05) is 19.3 Å². The summed E-state index contributed by atoms with van der Waals surface area (Å²) in [4.78, 5) is 13.0. The first-order valence-corrected chi connectivity index (χ1v) is 5.76. The Kier molecular flexibility index (Phi) is 4.88. The van der Waals surface area contributed by atoms with Gasteiger partial charge in [0.25, 0.3) is 0 Å². The molecule has 1 fully saturated rings. The van der Waals surface area contributed by atoms with Crippen LogP contribution in [0.3, 0.4) is 0 Å². The molecule has 0 heterocycles. The van der Waals surface area contributed by atoms with Gasteiger partial charge in [-0.05, 0) is 19.3 Å². The fourth-order valence-corrected chi connectivity index (χ4v) is 1.78. The smallest absolute Gasteiger partial charge is 0.317 e. The van der Waals surface area contributed by atoms with Crippen LogP contribution in [0.25, 0.3) is 0 Å². The van der Waals surface area contributed by atoms with E-state index >= 15 is 0 Å². The summed E-state index contributed by atoms with van der Waals surface area (Å²) >= 11 is 0. The number of carbonyl (C=O) groups excluding carboxylic acids is 1. The Bertz CT molecular complexity index is 203. The van der Waals surface area contributed by atoms with Crippen molar-refractivity contribution in [2.24, 2.45) is 5.92 Å². The minimum absolute atomic E-state index is 0.0878. The number of amides is 2. The van der Waals surface area contributed by atoms with Gasteiger partial charge in [-0.15, -0.1) is 0 Å². The molecule has 2 amide bonds. The van der Waals surface area contributed by atoms with E-state index in [4.69, 9.17) is 5.11 Å². The van der Waals surface area contributed by atoms with Crippen LogP contribution in [0, 0.1) is 5.92 Å². The molecule has 0 aromatic heterocycles. The van der Waals surface area contributed by atoms with Gasteiger partial charge < -0.3 is 15.3 Å². The molecule has 0 aromatic rings. The highest BCUT2D eigenvalue weighted by Crippen LogP contribution is 2.28. The summed E-state index contributed by atoms with van der Waals surface area (Å²) in [6, 6.07) is -0.0878. The van der Waals surface area contributed by atoms with Gasteiger partial charge in [-0.25, -0.2) is 4.79 Å². The number of likely N-dealkylation sites (N-methyl/N-ethyl adjacent to an activating group) is 1. The third kappa shape index (κ3) is 4.51. The Labute approximate surface area is 91.6 Å². The van der Waals surface area contributed by atoms with Crippen LogP contribution >= 0.6 is 0 Å². The molecule has 4 nitrogen and oxygen atoms in total. The number of hydrogen-bond donors (Lipinski definition) is 2. The van der Waals surface area contributed by atoms with E-state index in [0.29, 0.717) is 6.54 Å². The predicted octanol–water partition coefficient (Wildman–Crippen LogP) is 1.20. The second kappa shape index (κ2) is 5.95. The number of carbonyl (C=O) groups is 1. The molecule has 4 heteroatoms. The average molecular weight is 214 g/mol. The molecule has 15 heavy (non-hydrogen) atoms. The van der Waals surface area contributed by atoms with E-state index in [1.807, 2.05) is 0 Å². The van der Waals surface area contributed by atoms with Crippen LogP contribution in [-0.2, 0) is 0 Å². The van der Waals surface area contributed by atoms with Gasteiger partial charge in [0.1, 0.15) is 0 Å². The largest absolute Gasteiger partial charge is 0.392 e. The molecule has 1 rings (SSSR count). The first-order valence-electron chi connectivity index (χ1n) is 5.76. The lowest BCUT2D eigenvalue weighted by Crippen LogP contribution is -2.41. The number of nitrogens with zero attached hydrogens (tertiary/aromatic N) is 1. The molecule has 0 spiro atoms. The van der Waals surface area contributed by atoms with E-state index in [1.54, 1.807) is 14.0 Å². The predicted molar refractivity (Wildman–Crippen MR) is 59.7 cm³/mol. The SMILES string of the molecule is CC(O)CN(C)C(=O)NCCC1CCC1. The van der Waals surface area contributed by atoms with E-state index < -0.39 is 6.10 Å². The van der Waals surface area contributed by atoms with Crippen LogP contribution in [-0.4, -0.2) is 42.3 Å². The van der Waals surface area contributed by atoms with Crippen molar-refractivity contribution < 1.29 is 9.90 Å². The molecule has 0 radical (unpaired) electrons. The van der Waals surface area contributed by atoms with Crippen molar-refractivity contribution in [1.82, 2.24) is 10.2 Å². The van der Waals surface area contributed by atoms with Crippen LogP contribution < -0.4 is 5.32 Å². The molecule has 1 unspecified atom stereocenters. The fourth-order valence-electron chi connectivity index (χ4n) is 1.78. The van der Waals surface area contributed by atoms with Gasteiger partial charge in [0, 0.05) is 20.1 Å². The van der Waals surface area contributed by atoms with Crippen molar-refractivity contribution in [3.63, 3.8) is 0 Å². The highest BCUT2D eigenvalue weighted by Gasteiger charge is 2.17. The van der Waals surface area contributed by atoms with Crippen molar-refractivity contribution in [2.45, 2.75) is 38.7 Å². The number of urea groups is 1. The van der Waals surface area contributed by atoms with Crippen LogP contribution in [0.5, 0.6) is 0 Å². The molecule has 1 atom stereocenters. The Morgan fingerprint density at radius 2 is 2.27 bits per heavy atom. The van der Waals surface area contributed by atoms with Crippen molar-refractivity contribution in [2.75, 3.05) is 20.1 Å². The molecule has 0 aromatic carbocycles. The number of nitrogens with one attached hydrogen (secondary N) is 1. The fraction of sp³-hybridized carbons (Fsp3) is 0.909. The Morgan fingerprint density at radius 3 is 2.73 bits per heavy atom. The minimum atomic E-state index is -0.465. The van der Waals surface area contributed by atoms with Crippen LogP contribution in [0.2, 0.25) is 0 Å². The maximum absolute atomic E-state index is 11.5. The van der Waals surface area contributed by atoms with Gasteiger partial charge in [0.05, 0.1) is 6.10 Å². The number of hydrogen-bond acceptors (Lipinski definition) is 2. The minimum Gasteiger partial charge on any atom is -0.392 e. The van der Waals surface area contributed by atoms with E-state index in [1.165, 1.54) is 24.2 Å². The van der Waals surface area contributed by atoms with E-state index in [2.05, 4.69) is 5.32 Å². The summed E-state index contributed by atoms with van der Waals surface area (Å²) in [5.74, 6) is 0.826. The molecule has 0 aliphatic heterocycles. The van der Waals surface area contributed by atoms with Gasteiger partial charge in [-0.3, -0.25) is 0 Å². The van der Waals surface area contributed by atoms with Gasteiger partial charge in [-0.2, -0.15) is 0 Å². The Hall–Kier alpha value is -0.770. The number of aliphatic hydroxyl groups excluding tert-OH is 1. The summed E-state index contributed by atoms with van der Waals surface area (Å²) in [6.07, 6.45) is 4.61. The molecule has 1 aliphatic rings. The monoisotopic (exact) mass is 214 g/mol. The molecular formula is C11H22N2O2. The summed E-state index contributed by atoms with van der Waals surface area (Å²) in [5.41, 5.74) is 0. The lowest BCUT2D eigenvalue weighted by Gasteiger charge is -2.26. The molecule has 0 saturated heterocycles. The highest BCUT2D eigenvalue weighted by molar-refractivity contribution is 5.73. The third-order valence-electron chi connectivity index (χ3n) is 2.94. The number of aliphatic hydroxyl groups is 1. The molecule has 1 aliphatic carbocycles. The first kappa shape index (κ1) is 12.3. The standard InChI is InChI=1S/C11H22N2O2/c1-9(14)8-13(2)11(15)12-7-6-10-4-3-5-10/h9-10,14H,3-8H2,1-2H3,(H,12,15). The van der Waals surface area contributed by atoms with Crippen LogP contribution in [0.1, 0.15) is 32.6 Å². The maximum atomic E-state index is 11.5. The molecular weight excluding hydrogens is 192 g/mol. The van der Waals surface area contributed by atoms with E-state index in [-0.39, 0.29) is 6.03 Å². The zero-order chi connectivity index (χ0) is 11.3. The van der Waals surface area contributed by atoms with Gasteiger partial charge in [0.2, 0.25) is 0 Å². The zero-order valence-corrected chi connectivity index (χ0v) is 9.70. The molecule has 2 N–H and O–H groups in total. The summed E-state index contributed by atoms with van der Waals surface area (Å²) in [5, 5.41) is 12.0. The first-order chi connectivity index (χ1) is 7.09. The quantitative estimate of drug-likeness (QED) is 0.722. The molecule has 1 saturated carbocycles. The van der Waals surface area contributed by atoms with Crippen LogP contribution in [0.4, 0.5) is 4.79 Å². The van der Waals surface area contributed by atoms with E-state index in [9.17, 15) is 4.79 Å². The molecule has 88 valence electrons. The lowest BCUT2D eigenvalue weighted by atomic mass is 9.83. The average Bonchev–Trinajstić information content (AvgIpc) is 2.07.